The molecule has 0 aliphatic heterocycles. The Hall–Kier alpha value is -1.81. The zero-order valence-electron chi connectivity index (χ0n) is 9.57. The maximum absolute atomic E-state index is 6.04. The molecule has 88 valence electrons. The Balaban J connectivity index is 2.27. The molecule has 2 rings (SSSR count). The monoisotopic (exact) mass is 249 g/mol. The van der Waals surface area contributed by atoms with Gasteiger partial charge in [0.1, 0.15) is 17.9 Å². The van der Waals surface area contributed by atoms with Gasteiger partial charge in [-0.2, -0.15) is 0 Å². The molecule has 1 aromatic carbocycles. The number of benzene rings is 1. The lowest BCUT2D eigenvalue weighted by Gasteiger charge is -2.08. The van der Waals surface area contributed by atoms with Crippen LogP contribution in [0.4, 0.5) is 5.82 Å². The summed E-state index contributed by atoms with van der Waals surface area (Å²) in [6.07, 6.45) is 1.44. The van der Waals surface area contributed by atoms with E-state index in [1.165, 1.54) is 6.33 Å². The molecule has 2 aromatic rings. The second-order valence-electron chi connectivity index (χ2n) is 3.53. The minimum absolute atomic E-state index is 0.455. The smallest absolute Gasteiger partial charge is 0.224 e. The Morgan fingerprint density at radius 1 is 1.24 bits per heavy atom. The van der Waals surface area contributed by atoms with Crippen LogP contribution in [-0.4, -0.2) is 17.0 Å². The topological polar surface area (TPSA) is 47.0 Å². The van der Waals surface area contributed by atoms with Gasteiger partial charge in [-0.1, -0.05) is 17.7 Å². The molecule has 1 heterocycles. The summed E-state index contributed by atoms with van der Waals surface area (Å²) in [6.45, 7) is 1.97. The van der Waals surface area contributed by atoms with Gasteiger partial charge >= 0.3 is 0 Å². The van der Waals surface area contributed by atoms with Crippen molar-refractivity contribution in [2.24, 2.45) is 0 Å². The first-order valence-corrected chi connectivity index (χ1v) is 5.50. The molecule has 0 spiro atoms. The zero-order valence-corrected chi connectivity index (χ0v) is 10.3. The van der Waals surface area contributed by atoms with Gasteiger partial charge in [0, 0.05) is 13.1 Å². The van der Waals surface area contributed by atoms with Crippen molar-refractivity contribution < 1.29 is 4.74 Å². The first kappa shape index (κ1) is 11.7. The molecule has 0 amide bonds. The Morgan fingerprint density at radius 2 is 2.06 bits per heavy atom. The predicted octanol–water partition coefficient (Wildman–Crippen LogP) is 3.27. The van der Waals surface area contributed by atoms with E-state index in [0.717, 1.165) is 5.56 Å². The molecular weight excluding hydrogens is 238 g/mol. The van der Waals surface area contributed by atoms with E-state index in [1.807, 2.05) is 19.1 Å². The maximum Gasteiger partial charge on any atom is 0.224 e. The first-order chi connectivity index (χ1) is 8.19. The summed E-state index contributed by atoms with van der Waals surface area (Å²) in [6, 6.07) is 7.29. The average molecular weight is 250 g/mol. The number of nitrogens with zero attached hydrogens (tertiary/aromatic N) is 2. The van der Waals surface area contributed by atoms with Crippen LogP contribution in [-0.2, 0) is 0 Å². The van der Waals surface area contributed by atoms with Crippen LogP contribution in [0.25, 0.3) is 0 Å². The average Bonchev–Trinajstić information content (AvgIpc) is 2.34. The summed E-state index contributed by atoms with van der Waals surface area (Å²) in [5, 5.41) is 3.47. The zero-order chi connectivity index (χ0) is 12.3. The Kier molecular flexibility index (Phi) is 3.44. The van der Waals surface area contributed by atoms with Crippen LogP contribution in [0.5, 0.6) is 11.6 Å². The molecule has 17 heavy (non-hydrogen) atoms. The van der Waals surface area contributed by atoms with Gasteiger partial charge in [-0.25, -0.2) is 9.97 Å². The number of hydrogen-bond acceptors (Lipinski definition) is 4. The molecule has 4 nitrogen and oxygen atoms in total. The van der Waals surface area contributed by atoms with Crippen molar-refractivity contribution in [2.45, 2.75) is 6.92 Å². The third-order valence-electron chi connectivity index (χ3n) is 2.20. The number of nitrogens with one attached hydrogen (secondary N) is 1. The first-order valence-electron chi connectivity index (χ1n) is 5.13. The molecule has 5 heteroatoms. The molecular formula is C12H12ClN3O. The summed E-state index contributed by atoms with van der Waals surface area (Å²) in [7, 11) is 1.78. The summed E-state index contributed by atoms with van der Waals surface area (Å²) >= 11 is 6.04. The van der Waals surface area contributed by atoms with Crippen LogP contribution in [0.3, 0.4) is 0 Å². The van der Waals surface area contributed by atoms with E-state index >= 15 is 0 Å². The highest BCUT2D eigenvalue weighted by Crippen LogP contribution is 2.29. The quantitative estimate of drug-likeness (QED) is 0.907. The molecule has 0 aliphatic carbocycles. The second kappa shape index (κ2) is 5.01. The Bertz CT molecular complexity index is 531. The number of ether oxygens (including phenoxy) is 1. The van der Waals surface area contributed by atoms with Gasteiger partial charge in [0.15, 0.2) is 0 Å². The van der Waals surface area contributed by atoms with Crippen LogP contribution >= 0.6 is 11.6 Å². The summed E-state index contributed by atoms with van der Waals surface area (Å²) < 4.78 is 5.61. The van der Waals surface area contributed by atoms with Gasteiger partial charge < -0.3 is 10.1 Å². The number of rotatable bonds is 3. The SMILES string of the molecule is CNc1cc(Oc2cc(C)ccc2Cl)ncn1. The van der Waals surface area contributed by atoms with Gasteiger partial charge in [0.25, 0.3) is 0 Å². The Morgan fingerprint density at radius 3 is 2.82 bits per heavy atom. The molecule has 0 saturated heterocycles. The molecule has 1 aromatic heterocycles. The summed E-state index contributed by atoms with van der Waals surface area (Å²) in [4.78, 5) is 8.03. The highest BCUT2D eigenvalue weighted by atomic mass is 35.5. The van der Waals surface area contributed by atoms with E-state index in [1.54, 1.807) is 19.2 Å². The van der Waals surface area contributed by atoms with Gasteiger partial charge in [-0.05, 0) is 24.6 Å². The Labute approximate surface area is 105 Å². The highest BCUT2D eigenvalue weighted by molar-refractivity contribution is 6.32. The largest absolute Gasteiger partial charge is 0.437 e. The molecule has 1 N–H and O–H groups in total. The number of hydrogen-bond donors (Lipinski definition) is 1. The highest BCUT2D eigenvalue weighted by Gasteiger charge is 2.05. The molecule has 0 bridgehead atoms. The normalized spacial score (nSPS) is 10.1. The van der Waals surface area contributed by atoms with Crippen LogP contribution in [0.15, 0.2) is 30.6 Å². The fourth-order valence-corrected chi connectivity index (χ4v) is 1.49. The van der Waals surface area contributed by atoms with Gasteiger partial charge in [-0.3, -0.25) is 0 Å². The van der Waals surface area contributed by atoms with Crippen LogP contribution in [0.2, 0.25) is 5.02 Å². The van der Waals surface area contributed by atoms with Gasteiger partial charge in [-0.15, -0.1) is 0 Å². The minimum Gasteiger partial charge on any atom is -0.437 e. The molecule has 0 fully saturated rings. The van der Waals surface area contributed by atoms with E-state index < -0.39 is 0 Å². The van der Waals surface area contributed by atoms with Gasteiger partial charge in [0.05, 0.1) is 5.02 Å². The van der Waals surface area contributed by atoms with Crippen molar-refractivity contribution in [3.63, 3.8) is 0 Å². The second-order valence-corrected chi connectivity index (χ2v) is 3.93. The van der Waals surface area contributed by atoms with Crippen molar-refractivity contribution in [2.75, 3.05) is 12.4 Å². The van der Waals surface area contributed by atoms with Crippen molar-refractivity contribution in [1.29, 1.82) is 0 Å². The standard InChI is InChI=1S/C12H12ClN3O/c1-8-3-4-9(13)10(5-8)17-12-6-11(14-2)15-7-16-12/h3-7H,1-2H3,(H,14,15,16). The van der Waals surface area contributed by atoms with Crippen molar-refractivity contribution in [3.8, 4) is 11.6 Å². The van der Waals surface area contributed by atoms with Crippen molar-refractivity contribution in [3.05, 3.63) is 41.2 Å². The molecule has 0 saturated carbocycles. The summed E-state index contributed by atoms with van der Waals surface area (Å²) in [5.74, 6) is 1.74. The van der Waals surface area contributed by atoms with E-state index in [-0.39, 0.29) is 0 Å². The fraction of sp³-hybridized carbons (Fsp3) is 0.167. The molecule has 0 atom stereocenters. The third-order valence-corrected chi connectivity index (χ3v) is 2.51. The van der Waals surface area contributed by atoms with E-state index in [2.05, 4.69) is 15.3 Å². The number of aryl methyl sites for hydroxylation is 1. The predicted molar refractivity (Wildman–Crippen MR) is 67.8 cm³/mol. The number of anilines is 1. The lowest BCUT2D eigenvalue weighted by Crippen LogP contribution is -1.95. The lowest BCUT2D eigenvalue weighted by atomic mass is 10.2. The molecule has 0 unspecified atom stereocenters. The molecule has 0 radical (unpaired) electrons. The fourth-order valence-electron chi connectivity index (χ4n) is 1.33. The third kappa shape index (κ3) is 2.85. The van der Waals surface area contributed by atoms with E-state index in [4.69, 9.17) is 16.3 Å². The van der Waals surface area contributed by atoms with Crippen molar-refractivity contribution >= 4 is 17.4 Å². The number of halogens is 1. The minimum atomic E-state index is 0.455. The maximum atomic E-state index is 6.04. The lowest BCUT2D eigenvalue weighted by molar-refractivity contribution is 0.462. The van der Waals surface area contributed by atoms with E-state index in [9.17, 15) is 0 Å². The van der Waals surface area contributed by atoms with Crippen LogP contribution in [0, 0.1) is 6.92 Å². The van der Waals surface area contributed by atoms with Crippen LogP contribution < -0.4 is 10.1 Å². The van der Waals surface area contributed by atoms with E-state index in [0.29, 0.717) is 22.5 Å². The molecule has 0 aliphatic rings. The van der Waals surface area contributed by atoms with Crippen molar-refractivity contribution in [1.82, 2.24) is 9.97 Å². The number of aromatic nitrogens is 2. The van der Waals surface area contributed by atoms with Crippen LogP contribution in [0.1, 0.15) is 5.56 Å². The van der Waals surface area contributed by atoms with Gasteiger partial charge in [0.2, 0.25) is 5.88 Å². The summed E-state index contributed by atoms with van der Waals surface area (Å²) in [5.41, 5.74) is 1.08.